The Kier molecular flexibility index (Phi) is 6.43. The van der Waals surface area contributed by atoms with Gasteiger partial charge in [0.15, 0.2) is 5.69 Å². The second kappa shape index (κ2) is 8.99. The molecule has 0 atom stereocenters. The van der Waals surface area contributed by atoms with Crippen LogP contribution >= 0.6 is 12.6 Å². The Labute approximate surface area is 170 Å². The quantitative estimate of drug-likeness (QED) is 0.651. The zero-order valence-electron chi connectivity index (χ0n) is 16.3. The van der Waals surface area contributed by atoms with Gasteiger partial charge in [-0.25, -0.2) is 5.01 Å². The van der Waals surface area contributed by atoms with Gasteiger partial charge in [-0.15, -0.1) is 12.6 Å². The first-order valence-electron chi connectivity index (χ1n) is 9.00. The summed E-state index contributed by atoms with van der Waals surface area (Å²) in [7, 11) is 3.47. The largest absolute Gasteiger partial charge is 0.497 e. The van der Waals surface area contributed by atoms with E-state index in [1.54, 1.807) is 47.7 Å². The van der Waals surface area contributed by atoms with Gasteiger partial charge in [0.2, 0.25) is 0 Å². The molecule has 0 radical (unpaired) electrons. The number of amides is 1. The molecule has 28 heavy (non-hydrogen) atoms. The van der Waals surface area contributed by atoms with Gasteiger partial charge in [-0.05, 0) is 54.7 Å². The molecule has 0 unspecified atom stereocenters. The summed E-state index contributed by atoms with van der Waals surface area (Å²) in [4.78, 5) is 12.6. The van der Waals surface area contributed by atoms with Crippen LogP contribution in [0.5, 0.6) is 5.75 Å². The third kappa shape index (κ3) is 4.58. The lowest BCUT2D eigenvalue weighted by Gasteiger charge is -2.29. The molecule has 148 valence electrons. The molecule has 3 rings (SSSR count). The van der Waals surface area contributed by atoms with Gasteiger partial charge in [0, 0.05) is 32.0 Å². The highest BCUT2D eigenvalue weighted by Crippen LogP contribution is 2.26. The monoisotopic (exact) mass is 399 g/mol. The Morgan fingerprint density at radius 2 is 2.07 bits per heavy atom. The number of hydrazine groups is 1. The number of aromatic nitrogens is 2. The third-order valence-electron chi connectivity index (χ3n) is 4.72. The van der Waals surface area contributed by atoms with Crippen LogP contribution in [-0.2, 0) is 7.05 Å². The van der Waals surface area contributed by atoms with Crippen LogP contribution in [0.15, 0.2) is 47.5 Å². The van der Waals surface area contributed by atoms with Gasteiger partial charge in [0.1, 0.15) is 5.75 Å². The number of hydrogen-bond donors (Lipinski definition) is 3. The lowest BCUT2D eigenvalue weighted by molar-refractivity contribution is 0.102. The number of nitrogens with zero attached hydrogens (tertiary/aromatic N) is 3. The van der Waals surface area contributed by atoms with Crippen LogP contribution in [0.1, 0.15) is 29.5 Å². The van der Waals surface area contributed by atoms with Gasteiger partial charge in [0.05, 0.1) is 12.8 Å². The van der Waals surface area contributed by atoms with Crippen LogP contribution in [0.2, 0.25) is 0 Å². The maximum Gasteiger partial charge on any atom is 0.276 e. The number of aryl methyl sites for hydroxylation is 1. The first-order chi connectivity index (χ1) is 13.5. The number of nitrogens with one attached hydrogen (secondary N) is 2. The number of anilines is 1. The molecular weight excluding hydrogens is 374 g/mol. The van der Waals surface area contributed by atoms with Gasteiger partial charge in [0.25, 0.3) is 5.91 Å². The van der Waals surface area contributed by atoms with Crippen LogP contribution in [0.3, 0.4) is 0 Å². The maximum atomic E-state index is 12.6. The molecule has 1 aromatic carbocycles. The van der Waals surface area contributed by atoms with Crippen molar-refractivity contribution in [2.24, 2.45) is 7.05 Å². The second-order valence-electron chi connectivity index (χ2n) is 6.60. The summed E-state index contributed by atoms with van der Waals surface area (Å²) in [6.45, 7) is 3.77. The summed E-state index contributed by atoms with van der Waals surface area (Å²) >= 11 is 4.08. The van der Waals surface area contributed by atoms with Crippen LogP contribution in [-0.4, -0.2) is 40.9 Å². The van der Waals surface area contributed by atoms with E-state index in [9.17, 15) is 4.79 Å². The minimum absolute atomic E-state index is 0.242. The summed E-state index contributed by atoms with van der Waals surface area (Å²) in [6, 6.07) is 9.04. The molecule has 0 bridgehead atoms. The molecule has 0 fully saturated rings. The average molecular weight is 400 g/mol. The first-order valence-corrected chi connectivity index (χ1v) is 9.52. The zero-order valence-corrected chi connectivity index (χ0v) is 17.2. The van der Waals surface area contributed by atoms with E-state index in [1.807, 2.05) is 13.1 Å². The van der Waals surface area contributed by atoms with Crippen molar-refractivity contribution in [1.29, 1.82) is 0 Å². The Bertz CT molecular complexity index is 902. The Balaban J connectivity index is 1.77. The molecule has 0 spiro atoms. The molecule has 2 heterocycles. The number of ether oxygens (including phenoxy) is 1. The summed E-state index contributed by atoms with van der Waals surface area (Å²) < 4.78 is 6.90. The molecule has 1 aliphatic heterocycles. The van der Waals surface area contributed by atoms with Gasteiger partial charge in [-0.1, -0.05) is 5.57 Å². The van der Waals surface area contributed by atoms with E-state index in [-0.39, 0.29) is 5.91 Å². The van der Waals surface area contributed by atoms with E-state index < -0.39 is 0 Å². The summed E-state index contributed by atoms with van der Waals surface area (Å²) in [5.41, 5.74) is 7.70. The highest BCUT2D eigenvalue weighted by atomic mass is 32.1. The number of methoxy groups -OCH3 is 1. The van der Waals surface area contributed by atoms with Gasteiger partial charge >= 0.3 is 0 Å². The minimum atomic E-state index is -0.242. The number of hydrogen-bond acceptors (Lipinski definition) is 6. The second-order valence-corrected chi connectivity index (χ2v) is 6.89. The van der Waals surface area contributed by atoms with E-state index in [0.29, 0.717) is 11.4 Å². The molecule has 8 heteroatoms. The molecule has 1 aromatic heterocycles. The van der Waals surface area contributed by atoms with Crippen molar-refractivity contribution in [3.05, 3.63) is 58.9 Å². The lowest BCUT2D eigenvalue weighted by atomic mass is 9.99. The third-order valence-corrected chi connectivity index (χ3v) is 4.87. The average Bonchev–Trinajstić information content (AvgIpc) is 3.09. The number of benzene rings is 1. The van der Waals surface area contributed by atoms with E-state index in [1.165, 1.54) is 11.1 Å². The van der Waals surface area contributed by atoms with Crippen LogP contribution in [0.25, 0.3) is 5.57 Å². The van der Waals surface area contributed by atoms with E-state index in [2.05, 4.69) is 40.4 Å². The number of rotatable bonds is 6. The minimum Gasteiger partial charge on any atom is -0.497 e. The molecule has 2 aromatic rings. The van der Waals surface area contributed by atoms with E-state index >= 15 is 0 Å². The Morgan fingerprint density at radius 1 is 1.32 bits per heavy atom. The molecule has 0 saturated heterocycles. The molecular formula is C20H25N5O2S. The normalized spacial score (nSPS) is 15.1. The Hall–Kier alpha value is -2.71. The molecule has 1 amide bonds. The predicted octanol–water partition coefficient (Wildman–Crippen LogP) is 3.07. The van der Waals surface area contributed by atoms with Gasteiger partial charge in [-0.2, -0.15) is 5.10 Å². The summed E-state index contributed by atoms with van der Waals surface area (Å²) in [5.74, 6) is 0.498. The molecule has 2 N–H and O–H groups in total. The van der Waals surface area contributed by atoms with Crippen molar-refractivity contribution in [2.45, 2.75) is 13.3 Å². The highest BCUT2D eigenvalue weighted by Gasteiger charge is 2.22. The fourth-order valence-electron chi connectivity index (χ4n) is 3.14. The van der Waals surface area contributed by atoms with Crippen molar-refractivity contribution in [1.82, 2.24) is 20.2 Å². The molecule has 0 saturated carbocycles. The highest BCUT2D eigenvalue weighted by molar-refractivity contribution is 7.83. The number of carbonyl (C=O) groups excluding carboxylic acids is 1. The fourth-order valence-corrected chi connectivity index (χ4v) is 3.20. The summed E-state index contributed by atoms with van der Waals surface area (Å²) in [5, 5.41) is 11.1. The maximum absolute atomic E-state index is 12.6. The first kappa shape index (κ1) is 20.0. The van der Waals surface area contributed by atoms with Crippen molar-refractivity contribution in [3.63, 3.8) is 0 Å². The smallest absolute Gasteiger partial charge is 0.276 e. The SMILES string of the molecule is COc1ccc(NC(=O)c2cc(C3=C(C)CCN(N/C=C\S)C3)n(C)n2)cc1. The van der Waals surface area contributed by atoms with E-state index in [4.69, 9.17) is 4.74 Å². The van der Waals surface area contributed by atoms with Crippen LogP contribution in [0.4, 0.5) is 5.69 Å². The van der Waals surface area contributed by atoms with Crippen LogP contribution in [0, 0.1) is 0 Å². The number of thiol groups is 1. The summed E-state index contributed by atoms with van der Waals surface area (Å²) in [6.07, 6.45) is 2.74. The van der Waals surface area contributed by atoms with E-state index in [0.717, 1.165) is 31.0 Å². The van der Waals surface area contributed by atoms with Crippen LogP contribution < -0.4 is 15.5 Å². The lowest BCUT2D eigenvalue weighted by Crippen LogP contribution is -2.39. The van der Waals surface area contributed by atoms with Gasteiger partial charge < -0.3 is 15.5 Å². The van der Waals surface area contributed by atoms with Gasteiger partial charge in [-0.3, -0.25) is 9.48 Å². The molecule has 1 aliphatic rings. The predicted molar refractivity (Wildman–Crippen MR) is 114 cm³/mol. The fraction of sp³-hybridized carbons (Fsp3) is 0.300. The molecule has 7 nitrogen and oxygen atoms in total. The zero-order chi connectivity index (χ0) is 20.1. The van der Waals surface area contributed by atoms with Crippen molar-refractivity contribution in [3.8, 4) is 5.75 Å². The van der Waals surface area contributed by atoms with Crippen molar-refractivity contribution < 1.29 is 9.53 Å². The standard InChI is InChI=1S/C20H25N5O2S/c1-14-8-10-25(21-9-11-28)13-17(14)19-12-18(23-24(19)2)20(26)22-15-4-6-16(27-3)7-5-15/h4-7,9,11-12,21,28H,8,10,13H2,1-3H3,(H,22,26)/b11-9-. The number of carbonyl (C=O) groups is 1. The topological polar surface area (TPSA) is 71.4 Å². The van der Waals surface area contributed by atoms with Crippen molar-refractivity contribution >= 4 is 29.8 Å². The molecule has 0 aliphatic carbocycles. The Morgan fingerprint density at radius 3 is 2.75 bits per heavy atom. The van der Waals surface area contributed by atoms with Crippen molar-refractivity contribution in [2.75, 3.05) is 25.5 Å².